The number of imidazole rings is 1. The lowest BCUT2D eigenvalue weighted by molar-refractivity contribution is 0.630. The van der Waals surface area contributed by atoms with Gasteiger partial charge in [-0.05, 0) is 6.54 Å². The standard InChI is InChI=1S/C9H14N6/c1-14-9(12-7-13-14)6-15-5-4-11-8(15)2-3-10/h4-5,7H,2-3,6,10H2,1H3. The van der Waals surface area contributed by atoms with Crippen molar-refractivity contribution in [3.8, 4) is 0 Å². The Labute approximate surface area is 87.8 Å². The zero-order valence-electron chi connectivity index (χ0n) is 8.67. The van der Waals surface area contributed by atoms with Crippen molar-refractivity contribution in [2.75, 3.05) is 6.54 Å². The molecule has 0 aliphatic carbocycles. The summed E-state index contributed by atoms with van der Waals surface area (Å²) in [5.74, 6) is 1.90. The summed E-state index contributed by atoms with van der Waals surface area (Å²) in [6.07, 6.45) is 6.04. The van der Waals surface area contributed by atoms with Crippen LogP contribution >= 0.6 is 0 Å². The molecule has 0 spiro atoms. The molecule has 2 aromatic heterocycles. The largest absolute Gasteiger partial charge is 0.330 e. The monoisotopic (exact) mass is 206 g/mol. The third-order valence-electron chi connectivity index (χ3n) is 2.29. The SMILES string of the molecule is Cn1ncnc1Cn1ccnc1CCN. The number of hydrogen-bond donors (Lipinski definition) is 1. The van der Waals surface area contributed by atoms with E-state index in [0.29, 0.717) is 13.1 Å². The molecule has 6 heteroatoms. The van der Waals surface area contributed by atoms with E-state index < -0.39 is 0 Å². The van der Waals surface area contributed by atoms with E-state index in [1.54, 1.807) is 17.2 Å². The first-order chi connectivity index (χ1) is 7.31. The van der Waals surface area contributed by atoms with Crippen LogP contribution in [0.3, 0.4) is 0 Å². The number of aromatic nitrogens is 5. The summed E-state index contributed by atoms with van der Waals surface area (Å²) in [5, 5.41) is 4.02. The molecule has 0 atom stereocenters. The van der Waals surface area contributed by atoms with Crippen LogP contribution in [-0.2, 0) is 20.0 Å². The Balaban J connectivity index is 2.17. The Morgan fingerprint density at radius 2 is 2.20 bits per heavy atom. The minimum absolute atomic E-state index is 0.607. The lowest BCUT2D eigenvalue weighted by atomic mass is 10.4. The first-order valence-corrected chi connectivity index (χ1v) is 4.84. The second-order valence-corrected chi connectivity index (χ2v) is 3.31. The first-order valence-electron chi connectivity index (χ1n) is 4.84. The van der Waals surface area contributed by atoms with Crippen LogP contribution in [-0.4, -0.2) is 30.9 Å². The van der Waals surface area contributed by atoms with E-state index in [0.717, 1.165) is 18.1 Å². The van der Waals surface area contributed by atoms with Gasteiger partial charge < -0.3 is 10.3 Å². The third-order valence-corrected chi connectivity index (χ3v) is 2.29. The molecule has 0 amide bonds. The molecule has 0 unspecified atom stereocenters. The number of rotatable bonds is 4. The van der Waals surface area contributed by atoms with Crippen molar-refractivity contribution in [3.63, 3.8) is 0 Å². The van der Waals surface area contributed by atoms with Crippen molar-refractivity contribution < 1.29 is 0 Å². The van der Waals surface area contributed by atoms with Gasteiger partial charge in [0.05, 0.1) is 6.54 Å². The minimum atomic E-state index is 0.607. The van der Waals surface area contributed by atoms with Crippen molar-refractivity contribution in [1.29, 1.82) is 0 Å². The second kappa shape index (κ2) is 4.22. The molecule has 0 radical (unpaired) electrons. The highest BCUT2D eigenvalue weighted by atomic mass is 15.3. The van der Waals surface area contributed by atoms with E-state index in [-0.39, 0.29) is 0 Å². The number of nitrogens with two attached hydrogens (primary N) is 1. The zero-order valence-corrected chi connectivity index (χ0v) is 8.67. The molecule has 0 aliphatic heterocycles. The van der Waals surface area contributed by atoms with Gasteiger partial charge in [-0.2, -0.15) is 5.10 Å². The van der Waals surface area contributed by atoms with E-state index in [1.807, 2.05) is 17.8 Å². The Morgan fingerprint density at radius 3 is 2.87 bits per heavy atom. The van der Waals surface area contributed by atoms with E-state index >= 15 is 0 Å². The molecule has 2 aromatic rings. The smallest absolute Gasteiger partial charge is 0.146 e. The number of hydrogen-bond acceptors (Lipinski definition) is 4. The zero-order chi connectivity index (χ0) is 10.7. The highest BCUT2D eigenvalue weighted by molar-refractivity contribution is 4.97. The molecule has 2 heterocycles. The van der Waals surface area contributed by atoms with Crippen molar-refractivity contribution in [3.05, 3.63) is 30.4 Å². The fourth-order valence-electron chi connectivity index (χ4n) is 1.46. The van der Waals surface area contributed by atoms with E-state index in [9.17, 15) is 0 Å². The van der Waals surface area contributed by atoms with Gasteiger partial charge in [-0.25, -0.2) is 9.97 Å². The first kappa shape index (κ1) is 9.85. The van der Waals surface area contributed by atoms with Gasteiger partial charge in [0, 0.05) is 25.9 Å². The molecule has 15 heavy (non-hydrogen) atoms. The van der Waals surface area contributed by atoms with Crippen LogP contribution in [0.4, 0.5) is 0 Å². The van der Waals surface area contributed by atoms with Gasteiger partial charge in [0.2, 0.25) is 0 Å². The fraction of sp³-hybridized carbons (Fsp3) is 0.444. The molecule has 2 rings (SSSR count). The highest BCUT2D eigenvalue weighted by Gasteiger charge is 2.05. The Morgan fingerprint density at radius 1 is 1.33 bits per heavy atom. The highest BCUT2D eigenvalue weighted by Crippen LogP contribution is 2.02. The van der Waals surface area contributed by atoms with Crippen LogP contribution in [0.2, 0.25) is 0 Å². The second-order valence-electron chi connectivity index (χ2n) is 3.31. The maximum absolute atomic E-state index is 5.51. The molecule has 0 aromatic carbocycles. The van der Waals surface area contributed by atoms with Crippen molar-refractivity contribution in [2.24, 2.45) is 12.8 Å². The van der Waals surface area contributed by atoms with Crippen LogP contribution in [0.5, 0.6) is 0 Å². The summed E-state index contributed by atoms with van der Waals surface area (Å²) >= 11 is 0. The van der Waals surface area contributed by atoms with Crippen LogP contribution in [0, 0.1) is 0 Å². The lowest BCUT2D eigenvalue weighted by Gasteiger charge is -2.05. The average Bonchev–Trinajstić information content (AvgIpc) is 2.80. The molecular weight excluding hydrogens is 192 g/mol. The van der Waals surface area contributed by atoms with Crippen LogP contribution in [0.1, 0.15) is 11.6 Å². The Hall–Kier alpha value is -1.69. The van der Waals surface area contributed by atoms with E-state index in [2.05, 4.69) is 15.1 Å². The van der Waals surface area contributed by atoms with Crippen molar-refractivity contribution in [1.82, 2.24) is 24.3 Å². The molecular formula is C9H14N6. The number of nitrogens with zero attached hydrogens (tertiary/aromatic N) is 5. The van der Waals surface area contributed by atoms with Crippen LogP contribution in [0.15, 0.2) is 18.7 Å². The summed E-state index contributed by atoms with van der Waals surface area (Å²) < 4.78 is 3.79. The van der Waals surface area contributed by atoms with Gasteiger partial charge in [-0.3, -0.25) is 4.68 Å². The van der Waals surface area contributed by atoms with Crippen LogP contribution < -0.4 is 5.73 Å². The van der Waals surface area contributed by atoms with E-state index in [4.69, 9.17) is 5.73 Å². The fourth-order valence-corrected chi connectivity index (χ4v) is 1.46. The lowest BCUT2D eigenvalue weighted by Crippen LogP contribution is -2.12. The predicted molar refractivity (Wildman–Crippen MR) is 55.1 cm³/mol. The normalized spacial score (nSPS) is 10.8. The van der Waals surface area contributed by atoms with Crippen LogP contribution in [0.25, 0.3) is 0 Å². The summed E-state index contributed by atoms with van der Waals surface area (Å²) in [6, 6.07) is 0. The minimum Gasteiger partial charge on any atom is -0.330 e. The average molecular weight is 206 g/mol. The van der Waals surface area contributed by atoms with Gasteiger partial charge in [0.1, 0.15) is 18.0 Å². The molecule has 0 fully saturated rings. The molecule has 2 N–H and O–H groups in total. The quantitative estimate of drug-likeness (QED) is 0.736. The molecule has 0 aliphatic rings. The molecule has 0 saturated heterocycles. The molecule has 0 bridgehead atoms. The van der Waals surface area contributed by atoms with Crippen molar-refractivity contribution >= 4 is 0 Å². The van der Waals surface area contributed by atoms with Gasteiger partial charge in [-0.15, -0.1) is 0 Å². The Kier molecular flexibility index (Phi) is 2.77. The maximum atomic E-state index is 5.51. The van der Waals surface area contributed by atoms with Gasteiger partial charge in [-0.1, -0.05) is 0 Å². The summed E-state index contributed by atoms with van der Waals surface area (Å²) in [6.45, 7) is 1.29. The third kappa shape index (κ3) is 2.04. The molecule has 80 valence electrons. The maximum Gasteiger partial charge on any atom is 0.146 e. The van der Waals surface area contributed by atoms with Gasteiger partial charge in [0.25, 0.3) is 0 Å². The molecule has 6 nitrogen and oxygen atoms in total. The van der Waals surface area contributed by atoms with Gasteiger partial charge >= 0.3 is 0 Å². The van der Waals surface area contributed by atoms with Crippen molar-refractivity contribution in [2.45, 2.75) is 13.0 Å². The summed E-state index contributed by atoms with van der Waals surface area (Å²) in [5.41, 5.74) is 5.51. The topological polar surface area (TPSA) is 74.5 Å². The predicted octanol–water partition coefficient (Wildman–Crippen LogP) is -0.439. The van der Waals surface area contributed by atoms with E-state index in [1.165, 1.54) is 0 Å². The Bertz CT molecular complexity index is 429. The number of aryl methyl sites for hydroxylation is 1. The summed E-state index contributed by atoms with van der Waals surface area (Å²) in [7, 11) is 1.88. The summed E-state index contributed by atoms with van der Waals surface area (Å²) in [4.78, 5) is 8.41. The van der Waals surface area contributed by atoms with Gasteiger partial charge in [0.15, 0.2) is 0 Å². The molecule has 0 saturated carbocycles.